The average Bonchev–Trinajstić information content (AvgIpc) is 3.00. The first-order valence-electron chi connectivity index (χ1n) is 7.00. The number of aryl methyl sites for hydroxylation is 2. The van der Waals surface area contributed by atoms with E-state index in [0.29, 0.717) is 6.54 Å². The van der Waals surface area contributed by atoms with Gasteiger partial charge in [0, 0.05) is 23.0 Å². The van der Waals surface area contributed by atoms with Gasteiger partial charge in [0.1, 0.15) is 17.1 Å². The molecular formula is C16H23NO2S. The van der Waals surface area contributed by atoms with Gasteiger partial charge >= 0.3 is 0 Å². The summed E-state index contributed by atoms with van der Waals surface area (Å²) in [4.78, 5) is 1.31. The lowest BCUT2D eigenvalue weighted by Gasteiger charge is -2.26. The monoisotopic (exact) mass is 293 g/mol. The second-order valence-electron chi connectivity index (χ2n) is 5.46. The van der Waals surface area contributed by atoms with Crippen LogP contribution in [0.15, 0.2) is 28.0 Å². The van der Waals surface area contributed by atoms with Crippen LogP contribution in [0.25, 0.3) is 0 Å². The summed E-state index contributed by atoms with van der Waals surface area (Å²) >= 11 is 1.75. The first-order valence-corrected chi connectivity index (χ1v) is 7.88. The first-order chi connectivity index (χ1) is 9.44. The van der Waals surface area contributed by atoms with Crippen molar-refractivity contribution < 1.29 is 9.52 Å². The molecule has 2 aromatic heterocycles. The van der Waals surface area contributed by atoms with Gasteiger partial charge in [0.2, 0.25) is 0 Å². The Morgan fingerprint density at radius 3 is 2.70 bits per heavy atom. The predicted octanol–water partition coefficient (Wildman–Crippen LogP) is 3.91. The zero-order valence-electron chi connectivity index (χ0n) is 12.6. The lowest BCUT2D eigenvalue weighted by Crippen LogP contribution is -2.37. The Morgan fingerprint density at radius 2 is 2.20 bits per heavy atom. The van der Waals surface area contributed by atoms with E-state index in [1.165, 1.54) is 4.88 Å². The molecule has 20 heavy (non-hydrogen) atoms. The predicted molar refractivity (Wildman–Crippen MR) is 83.1 cm³/mol. The van der Waals surface area contributed by atoms with Crippen LogP contribution in [0.4, 0.5) is 0 Å². The standard InChI is InChI=1S/C16H23NO2S/c1-5-14(15-7-6-8-20-15)17-10-16(4,18)13-9-11(2)19-12(13)3/h6-9,14,17-18H,5,10H2,1-4H3. The number of hydrogen-bond acceptors (Lipinski definition) is 4. The van der Waals surface area contributed by atoms with Gasteiger partial charge in [-0.05, 0) is 44.7 Å². The molecule has 0 aliphatic heterocycles. The van der Waals surface area contributed by atoms with Crippen LogP contribution in [0, 0.1) is 13.8 Å². The maximum Gasteiger partial charge on any atom is 0.107 e. The van der Waals surface area contributed by atoms with Crippen LogP contribution in [0.2, 0.25) is 0 Å². The Bertz CT molecular complexity index is 543. The molecule has 0 saturated heterocycles. The highest BCUT2D eigenvalue weighted by atomic mass is 32.1. The summed E-state index contributed by atoms with van der Waals surface area (Å²) in [6, 6.07) is 6.40. The van der Waals surface area contributed by atoms with Crippen LogP contribution in [0.3, 0.4) is 0 Å². The Labute approximate surface area is 124 Å². The van der Waals surface area contributed by atoms with Crippen molar-refractivity contribution >= 4 is 11.3 Å². The maximum absolute atomic E-state index is 10.7. The number of furan rings is 1. The van der Waals surface area contributed by atoms with Crippen LogP contribution < -0.4 is 5.32 Å². The van der Waals surface area contributed by atoms with E-state index in [9.17, 15) is 5.11 Å². The van der Waals surface area contributed by atoms with Gasteiger partial charge < -0.3 is 14.8 Å². The highest BCUT2D eigenvalue weighted by molar-refractivity contribution is 7.10. The number of rotatable bonds is 6. The van der Waals surface area contributed by atoms with Crippen molar-refractivity contribution in [3.8, 4) is 0 Å². The van der Waals surface area contributed by atoms with Crippen molar-refractivity contribution in [3.05, 3.63) is 45.5 Å². The molecule has 110 valence electrons. The maximum atomic E-state index is 10.7. The topological polar surface area (TPSA) is 45.4 Å². The van der Waals surface area contributed by atoms with Crippen LogP contribution in [0.5, 0.6) is 0 Å². The number of hydrogen-bond donors (Lipinski definition) is 2. The van der Waals surface area contributed by atoms with E-state index in [1.54, 1.807) is 11.3 Å². The summed E-state index contributed by atoms with van der Waals surface area (Å²) in [5.41, 5.74) is -0.0597. The van der Waals surface area contributed by atoms with E-state index in [0.717, 1.165) is 23.5 Å². The minimum absolute atomic E-state index is 0.287. The van der Waals surface area contributed by atoms with Crippen molar-refractivity contribution in [2.24, 2.45) is 0 Å². The zero-order valence-corrected chi connectivity index (χ0v) is 13.4. The third kappa shape index (κ3) is 3.32. The molecule has 0 amide bonds. The molecule has 0 aliphatic carbocycles. The Morgan fingerprint density at radius 1 is 1.45 bits per heavy atom. The molecule has 2 aromatic rings. The van der Waals surface area contributed by atoms with E-state index in [2.05, 4.69) is 29.8 Å². The van der Waals surface area contributed by atoms with E-state index in [4.69, 9.17) is 4.42 Å². The van der Waals surface area contributed by atoms with Crippen LogP contribution in [-0.4, -0.2) is 11.7 Å². The second-order valence-corrected chi connectivity index (χ2v) is 6.44. The number of aliphatic hydroxyl groups is 1. The molecule has 0 radical (unpaired) electrons. The zero-order chi connectivity index (χ0) is 14.8. The molecular weight excluding hydrogens is 270 g/mol. The molecule has 0 spiro atoms. The lowest BCUT2D eigenvalue weighted by atomic mass is 9.95. The third-order valence-corrected chi connectivity index (χ3v) is 4.59. The van der Waals surface area contributed by atoms with Crippen LogP contribution in [0.1, 0.15) is 48.3 Å². The summed E-state index contributed by atoms with van der Waals surface area (Å²) in [5.74, 6) is 1.63. The average molecular weight is 293 g/mol. The lowest BCUT2D eigenvalue weighted by molar-refractivity contribution is 0.0522. The van der Waals surface area contributed by atoms with Crippen molar-refractivity contribution in [2.45, 2.75) is 45.8 Å². The van der Waals surface area contributed by atoms with Gasteiger partial charge in [-0.25, -0.2) is 0 Å². The van der Waals surface area contributed by atoms with Crippen molar-refractivity contribution in [1.82, 2.24) is 5.32 Å². The molecule has 0 bridgehead atoms. The van der Waals surface area contributed by atoms with Crippen molar-refractivity contribution in [2.75, 3.05) is 6.54 Å². The molecule has 0 aromatic carbocycles. The van der Waals surface area contributed by atoms with E-state index in [-0.39, 0.29) is 6.04 Å². The summed E-state index contributed by atoms with van der Waals surface area (Å²) in [5, 5.41) is 16.3. The molecule has 4 heteroatoms. The fourth-order valence-corrected chi connectivity index (χ4v) is 3.40. The Balaban J connectivity index is 2.07. The fourth-order valence-electron chi connectivity index (χ4n) is 2.52. The molecule has 2 unspecified atom stereocenters. The summed E-state index contributed by atoms with van der Waals surface area (Å²) < 4.78 is 5.52. The fraction of sp³-hybridized carbons (Fsp3) is 0.500. The van der Waals surface area contributed by atoms with Gasteiger partial charge in [-0.2, -0.15) is 0 Å². The summed E-state index contributed by atoms with van der Waals surface area (Å²) in [7, 11) is 0. The molecule has 2 N–H and O–H groups in total. The molecule has 0 fully saturated rings. The molecule has 3 nitrogen and oxygen atoms in total. The van der Waals surface area contributed by atoms with Gasteiger partial charge in [0.15, 0.2) is 0 Å². The molecule has 2 heterocycles. The summed E-state index contributed by atoms with van der Waals surface area (Å²) in [6.45, 7) is 8.29. The second kappa shape index (κ2) is 6.12. The minimum Gasteiger partial charge on any atom is -0.466 e. The molecule has 2 atom stereocenters. The number of thiophene rings is 1. The quantitative estimate of drug-likeness (QED) is 0.849. The van der Waals surface area contributed by atoms with Crippen LogP contribution in [-0.2, 0) is 5.60 Å². The minimum atomic E-state index is -0.924. The largest absolute Gasteiger partial charge is 0.466 e. The summed E-state index contributed by atoms with van der Waals surface area (Å²) in [6.07, 6.45) is 1.000. The smallest absolute Gasteiger partial charge is 0.107 e. The van der Waals surface area contributed by atoms with E-state index >= 15 is 0 Å². The first kappa shape index (κ1) is 15.3. The van der Waals surface area contributed by atoms with E-state index in [1.807, 2.05) is 26.8 Å². The van der Waals surface area contributed by atoms with Gasteiger partial charge in [-0.1, -0.05) is 13.0 Å². The van der Waals surface area contributed by atoms with Gasteiger partial charge in [-0.15, -0.1) is 11.3 Å². The Kier molecular flexibility index (Phi) is 4.68. The SMILES string of the molecule is CCC(NCC(C)(O)c1cc(C)oc1C)c1cccs1. The molecule has 0 aliphatic rings. The van der Waals surface area contributed by atoms with Gasteiger partial charge in [-0.3, -0.25) is 0 Å². The third-order valence-electron chi connectivity index (χ3n) is 3.61. The highest BCUT2D eigenvalue weighted by Crippen LogP contribution is 2.28. The highest BCUT2D eigenvalue weighted by Gasteiger charge is 2.28. The normalized spacial score (nSPS) is 16.1. The Hall–Kier alpha value is -1.10. The molecule has 2 rings (SSSR count). The van der Waals surface area contributed by atoms with E-state index < -0.39 is 5.60 Å². The van der Waals surface area contributed by atoms with Gasteiger partial charge in [0.25, 0.3) is 0 Å². The van der Waals surface area contributed by atoms with Gasteiger partial charge in [0.05, 0.1) is 0 Å². The molecule has 0 saturated carbocycles. The number of nitrogens with one attached hydrogen (secondary N) is 1. The van der Waals surface area contributed by atoms with Crippen molar-refractivity contribution in [3.63, 3.8) is 0 Å². The van der Waals surface area contributed by atoms with Crippen LogP contribution >= 0.6 is 11.3 Å². The van der Waals surface area contributed by atoms with Crippen molar-refractivity contribution in [1.29, 1.82) is 0 Å².